The maximum absolute atomic E-state index is 13.4. The van der Waals surface area contributed by atoms with Gasteiger partial charge in [0, 0.05) is 18.9 Å². The molecule has 0 fully saturated rings. The molecule has 1 heterocycles. The van der Waals surface area contributed by atoms with Crippen molar-refractivity contribution in [3.05, 3.63) is 65.8 Å². The number of allylic oxidation sites excluding steroid dienone is 2. The average Bonchev–Trinajstić information content (AvgIpc) is 2.88. The van der Waals surface area contributed by atoms with E-state index in [9.17, 15) is 14.7 Å². The van der Waals surface area contributed by atoms with Crippen LogP contribution in [0.25, 0.3) is 0 Å². The molecule has 0 amide bonds. The van der Waals surface area contributed by atoms with Gasteiger partial charge in [0.15, 0.2) is 5.78 Å². The number of aliphatic hydroxyl groups excluding tert-OH is 1. The van der Waals surface area contributed by atoms with Crippen LogP contribution in [-0.2, 0) is 19.2 Å². The molecule has 1 aliphatic rings. The number of Topliss-reactive ketones (excluding diaryl/α,β-unsaturated/α-hetero) is 2. The molecule has 0 aromatic heterocycles. The summed E-state index contributed by atoms with van der Waals surface area (Å²) in [6.45, 7) is 13.2. The van der Waals surface area contributed by atoms with Gasteiger partial charge in [-0.3, -0.25) is 14.4 Å². The zero-order chi connectivity index (χ0) is 27.7. The van der Waals surface area contributed by atoms with Crippen LogP contribution in [-0.4, -0.2) is 48.1 Å². The summed E-state index contributed by atoms with van der Waals surface area (Å²) in [5, 5.41) is 12.8. The van der Waals surface area contributed by atoms with Crippen molar-refractivity contribution in [3.63, 3.8) is 0 Å². The molecule has 37 heavy (non-hydrogen) atoms. The van der Waals surface area contributed by atoms with Gasteiger partial charge in [0.2, 0.25) is 0 Å². The Kier molecular flexibility index (Phi) is 12.0. The van der Waals surface area contributed by atoms with Gasteiger partial charge in [0.1, 0.15) is 24.1 Å². The van der Waals surface area contributed by atoms with Crippen molar-refractivity contribution >= 4 is 17.3 Å². The molecule has 1 aromatic carbocycles. The molecule has 0 radical (unpaired) electrons. The number of ether oxygens (including phenoxy) is 1. The third kappa shape index (κ3) is 8.49. The number of anilines is 1. The summed E-state index contributed by atoms with van der Waals surface area (Å²) in [5.74, 6) is -0.754. The largest absolute Gasteiger partial charge is 0.386 e. The fourth-order valence-electron chi connectivity index (χ4n) is 4.59. The van der Waals surface area contributed by atoms with E-state index in [1.165, 1.54) is 19.6 Å². The molecule has 204 valence electrons. The van der Waals surface area contributed by atoms with E-state index in [0.29, 0.717) is 12.0 Å². The van der Waals surface area contributed by atoms with Crippen LogP contribution < -0.4 is 5.06 Å². The summed E-state index contributed by atoms with van der Waals surface area (Å²) in [4.78, 5) is 31.4. The second kappa shape index (κ2) is 14.4. The summed E-state index contributed by atoms with van der Waals surface area (Å²) in [5.41, 5.74) is 2.78. The van der Waals surface area contributed by atoms with Gasteiger partial charge in [-0.2, -0.15) is 0 Å². The maximum atomic E-state index is 13.4. The van der Waals surface area contributed by atoms with Gasteiger partial charge in [-0.15, -0.1) is 0 Å². The van der Waals surface area contributed by atoms with E-state index in [1.54, 1.807) is 19.9 Å². The first-order chi connectivity index (χ1) is 17.5. The van der Waals surface area contributed by atoms with Crippen molar-refractivity contribution in [2.24, 2.45) is 17.8 Å². The Labute approximate surface area is 223 Å². The smallest absolute Gasteiger partial charge is 0.167 e. The number of hydroxylamine groups is 1. The van der Waals surface area contributed by atoms with E-state index in [4.69, 9.17) is 9.57 Å². The Hall–Kier alpha value is -2.54. The Balaban J connectivity index is 2.20. The van der Waals surface area contributed by atoms with Gasteiger partial charge in [-0.05, 0) is 57.2 Å². The third-order valence-electron chi connectivity index (χ3n) is 7.26. The minimum atomic E-state index is -1.11. The molecule has 0 saturated heterocycles. The van der Waals surface area contributed by atoms with Crippen LogP contribution in [0.3, 0.4) is 0 Å². The lowest BCUT2D eigenvalue weighted by atomic mass is 9.84. The minimum absolute atomic E-state index is 0.00217. The van der Waals surface area contributed by atoms with E-state index in [-0.39, 0.29) is 41.5 Å². The molecule has 0 spiro atoms. The first-order valence-corrected chi connectivity index (χ1v) is 13.3. The molecule has 0 bridgehead atoms. The predicted octanol–water partition coefficient (Wildman–Crippen LogP) is 5.87. The summed E-state index contributed by atoms with van der Waals surface area (Å²) < 4.78 is 5.46. The summed E-state index contributed by atoms with van der Waals surface area (Å²) in [6, 6.07) is 9.93. The van der Waals surface area contributed by atoms with E-state index < -0.39 is 12.2 Å². The molecule has 7 atom stereocenters. The third-order valence-corrected chi connectivity index (χ3v) is 7.26. The normalized spacial score (nSPS) is 22.8. The molecule has 1 aliphatic heterocycles. The number of ketones is 2. The molecular formula is C31H45NO5. The second-order valence-corrected chi connectivity index (χ2v) is 10.4. The number of hydrogen-bond donors (Lipinski definition) is 1. The molecule has 4 unspecified atom stereocenters. The van der Waals surface area contributed by atoms with Gasteiger partial charge >= 0.3 is 0 Å². The highest BCUT2D eigenvalue weighted by atomic mass is 16.7. The number of hydrogen-bond acceptors (Lipinski definition) is 6. The van der Waals surface area contributed by atoms with Crippen molar-refractivity contribution < 1.29 is 24.3 Å². The van der Waals surface area contributed by atoms with Gasteiger partial charge < -0.3 is 9.84 Å². The monoisotopic (exact) mass is 511 g/mol. The number of carbonyl (C=O) groups excluding carboxylic acids is 2. The Morgan fingerprint density at radius 1 is 1.11 bits per heavy atom. The molecule has 1 aromatic rings. The van der Waals surface area contributed by atoms with Crippen molar-refractivity contribution in [1.29, 1.82) is 0 Å². The van der Waals surface area contributed by atoms with E-state index in [2.05, 4.69) is 39.0 Å². The van der Waals surface area contributed by atoms with Crippen molar-refractivity contribution in [2.75, 3.05) is 12.2 Å². The molecule has 0 saturated carbocycles. The average molecular weight is 512 g/mol. The predicted molar refractivity (Wildman–Crippen MR) is 149 cm³/mol. The molecule has 1 N–H and O–H groups in total. The molecular weight excluding hydrogens is 466 g/mol. The summed E-state index contributed by atoms with van der Waals surface area (Å²) in [7, 11) is 1.43. The van der Waals surface area contributed by atoms with Gasteiger partial charge in [0.25, 0.3) is 0 Å². The Morgan fingerprint density at radius 3 is 2.32 bits per heavy atom. The quantitative estimate of drug-likeness (QED) is 0.334. The van der Waals surface area contributed by atoms with Crippen LogP contribution in [0.4, 0.5) is 5.69 Å². The highest BCUT2D eigenvalue weighted by Crippen LogP contribution is 2.31. The lowest BCUT2D eigenvalue weighted by molar-refractivity contribution is -0.138. The van der Waals surface area contributed by atoms with Crippen LogP contribution in [0.5, 0.6) is 0 Å². The van der Waals surface area contributed by atoms with Gasteiger partial charge in [-0.1, -0.05) is 75.8 Å². The molecule has 0 aliphatic carbocycles. The number of rotatable bonds is 13. The highest BCUT2D eigenvalue weighted by Gasteiger charge is 2.35. The number of nitrogens with zero attached hydrogens (tertiary/aromatic N) is 1. The molecule has 6 nitrogen and oxygen atoms in total. The second-order valence-electron chi connectivity index (χ2n) is 10.4. The number of para-hydroxylation sites is 1. The molecule has 6 heteroatoms. The van der Waals surface area contributed by atoms with Gasteiger partial charge in [0.05, 0.1) is 11.7 Å². The number of carbonyl (C=O) groups is 2. The van der Waals surface area contributed by atoms with Crippen LogP contribution in [0.2, 0.25) is 0 Å². The van der Waals surface area contributed by atoms with Crippen molar-refractivity contribution in [3.8, 4) is 0 Å². The van der Waals surface area contributed by atoms with Crippen molar-refractivity contribution in [2.45, 2.75) is 85.7 Å². The summed E-state index contributed by atoms with van der Waals surface area (Å²) in [6.07, 6.45) is 7.39. The van der Waals surface area contributed by atoms with Crippen LogP contribution in [0.15, 0.2) is 65.8 Å². The van der Waals surface area contributed by atoms with Crippen molar-refractivity contribution in [1.82, 2.24) is 0 Å². The van der Waals surface area contributed by atoms with E-state index >= 15 is 0 Å². The van der Waals surface area contributed by atoms with E-state index in [0.717, 1.165) is 12.1 Å². The number of methoxy groups -OCH3 is 1. The standard InChI is InChI=1S/C31H45NO5/c1-9-20(2)17-27-15-16-28(32(37-27)26-13-11-10-12-14-26)22(4)19-24(6)30(35)31(36-8)29(34)23(5)18-21(3)25(7)33/h10-18,21-22,24,27-29,31,34H,9,19H2,1-8H3/b20-17+,23-18+/t21-,22+,24?,27?,28?,29?,31-/m1/s1. The maximum Gasteiger partial charge on any atom is 0.167 e. The lowest BCUT2D eigenvalue weighted by Gasteiger charge is -2.39. The summed E-state index contributed by atoms with van der Waals surface area (Å²) >= 11 is 0. The number of benzene rings is 1. The highest BCUT2D eigenvalue weighted by molar-refractivity contribution is 5.86. The first-order valence-electron chi connectivity index (χ1n) is 13.3. The Bertz CT molecular complexity index is 983. The SMILES string of the molecule is CC/C(C)=C/C1C=CC([C@@H](C)CC(C)C(=O)[C@H](OC)C(O)/C(C)=C/[C@@H](C)C(C)=O)N(c2ccccc2)O1. The van der Waals surface area contributed by atoms with Crippen LogP contribution in [0, 0.1) is 17.8 Å². The zero-order valence-electron chi connectivity index (χ0n) is 23.7. The number of aliphatic hydroxyl groups is 1. The fourth-order valence-corrected chi connectivity index (χ4v) is 4.59. The fraction of sp³-hybridized carbons (Fsp3) is 0.548. The minimum Gasteiger partial charge on any atom is -0.386 e. The van der Waals surface area contributed by atoms with E-state index in [1.807, 2.05) is 42.3 Å². The zero-order valence-corrected chi connectivity index (χ0v) is 23.7. The topological polar surface area (TPSA) is 76.1 Å². The Morgan fingerprint density at radius 2 is 1.76 bits per heavy atom. The van der Waals surface area contributed by atoms with Crippen LogP contribution in [0.1, 0.15) is 61.3 Å². The first kappa shape index (κ1) is 30.7. The molecule has 2 rings (SSSR count). The lowest BCUT2D eigenvalue weighted by Crippen LogP contribution is -2.45. The van der Waals surface area contributed by atoms with Crippen LogP contribution >= 0.6 is 0 Å². The van der Waals surface area contributed by atoms with Gasteiger partial charge in [-0.25, -0.2) is 5.06 Å².